The first-order valence-electron chi connectivity index (χ1n) is 6.81. The Morgan fingerprint density at radius 2 is 1.88 bits per heavy atom. The van der Waals surface area contributed by atoms with Crippen LogP contribution >= 0.6 is 0 Å². The maximum atomic E-state index is 10.5. The molecule has 17 heavy (non-hydrogen) atoms. The van der Waals surface area contributed by atoms with Crippen molar-refractivity contribution in [2.75, 3.05) is 0 Å². The summed E-state index contributed by atoms with van der Waals surface area (Å²) in [5.74, 6) is 0.995. The van der Waals surface area contributed by atoms with Gasteiger partial charge in [0.15, 0.2) is 0 Å². The van der Waals surface area contributed by atoms with Crippen LogP contribution in [-0.4, -0.2) is 21.9 Å². The number of fused-ring (bicyclic) bond motifs is 1. The van der Waals surface area contributed by atoms with Crippen LogP contribution in [0.2, 0.25) is 0 Å². The van der Waals surface area contributed by atoms with E-state index in [1.54, 1.807) is 0 Å². The van der Waals surface area contributed by atoms with Crippen molar-refractivity contribution in [3.8, 4) is 0 Å². The van der Waals surface area contributed by atoms with Crippen LogP contribution in [0.25, 0.3) is 0 Å². The lowest BCUT2D eigenvalue weighted by molar-refractivity contribution is 0.0101. The second-order valence-electron chi connectivity index (χ2n) is 7.00. The van der Waals surface area contributed by atoms with Gasteiger partial charge in [-0.1, -0.05) is 19.9 Å². The summed E-state index contributed by atoms with van der Waals surface area (Å²) in [6.07, 6.45) is 5.40. The van der Waals surface area contributed by atoms with E-state index in [1.807, 2.05) is 13.8 Å². The molecule has 0 saturated heterocycles. The first-order valence-corrected chi connectivity index (χ1v) is 6.81. The average Bonchev–Trinajstić information content (AvgIpc) is 2.95. The maximum Gasteiger partial charge on any atom is 0.0752 e. The average molecular weight is 238 g/mol. The van der Waals surface area contributed by atoms with E-state index >= 15 is 0 Å². The minimum absolute atomic E-state index is 0.126. The summed E-state index contributed by atoms with van der Waals surface area (Å²) in [5.41, 5.74) is 0.662. The first kappa shape index (κ1) is 13.1. The highest BCUT2D eigenvalue weighted by molar-refractivity contribution is 5.12. The van der Waals surface area contributed by atoms with Gasteiger partial charge >= 0.3 is 0 Å². The van der Waals surface area contributed by atoms with Crippen LogP contribution in [-0.2, 0) is 0 Å². The van der Waals surface area contributed by atoms with Crippen LogP contribution in [0.3, 0.4) is 0 Å². The summed E-state index contributed by atoms with van der Waals surface area (Å²) in [4.78, 5) is 0. The van der Waals surface area contributed by atoms with E-state index < -0.39 is 5.60 Å². The predicted octanol–water partition coefficient (Wildman–Crippen LogP) is 2.89. The monoisotopic (exact) mass is 238 g/mol. The predicted molar refractivity (Wildman–Crippen MR) is 69.6 cm³/mol. The van der Waals surface area contributed by atoms with Crippen LogP contribution in [0.1, 0.15) is 53.4 Å². The molecular formula is C15H26O2. The topological polar surface area (TPSA) is 40.5 Å². The number of allylic oxidation sites excluding steroid dienone is 1. The second kappa shape index (κ2) is 4.10. The lowest BCUT2D eigenvalue weighted by Gasteiger charge is -2.33. The van der Waals surface area contributed by atoms with Crippen molar-refractivity contribution < 1.29 is 10.2 Å². The molecule has 98 valence electrons. The van der Waals surface area contributed by atoms with Crippen molar-refractivity contribution in [1.29, 1.82) is 0 Å². The molecule has 0 radical (unpaired) electrons. The molecule has 2 aliphatic rings. The zero-order chi connectivity index (χ0) is 12.8. The Kier molecular flexibility index (Phi) is 3.16. The van der Waals surface area contributed by atoms with Gasteiger partial charge in [-0.25, -0.2) is 0 Å². The van der Waals surface area contributed by atoms with E-state index in [4.69, 9.17) is 0 Å². The molecule has 0 aromatic rings. The van der Waals surface area contributed by atoms with Gasteiger partial charge in [0, 0.05) is 0 Å². The smallest absolute Gasteiger partial charge is 0.0752 e. The third-order valence-corrected chi connectivity index (χ3v) is 4.95. The van der Waals surface area contributed by atoms with Crippen LogP contribution < -0.4 is 0 Å². The molecular weight excluding hydrogens is 212 g/mol. The van der Waals surface area contributed by atoms with E-state index in [0.717, 1.165) is 31.3 Å². The Balaban J connectivity index is 2.22. The van der Waals surface area contributed by atoms with Gasteiger partial charge in [-0.2, -0.15) is 0 Å². The summed E-state index contributed by atoms with van der Waals surface area (Å²) in [7, 11) is 0. The van der Waals surface area contributed by atoms with Gasteiger partial charge in [-0.3, -0.25) is 0 Å². The standard InChI is InChI=1S/C15H26O2/c1-10-6-5-7-15(4,17)12-8-11(12)14(2,3)9-13(10)16/h6,11-13,16-17H,5,7-9H2,1-4H3/b10-6-/t11-,12-,13?,15-/m0/s1. The number of hydrogen-bond donors (Lipinski definition) is 2. The Bertz CT molecular complexity index is 328. The Hall–Kier alpha value is -0.340. The van der Waals surface area contributed by atoms with E-state index in [0.29, 0.717) is 11.8 Å². The van der Waals surface area contributed by atoms with Crippen molar-refractivity contribution in [1.82, 2.24) is 0 Å². The highest BCUT2D eigenvalue weighted by atomic mass is 16.3. The first-order chi connectivity index (χ1) is 7.74. The van der Waals surface area contributed by atoms with Crippen molar-refractivity contribution in [2.24, 2.45) is 17.3 Å². The molecule has 0 bridgehead atoms. The number of aliphatic hydroxyl groups excluding tert-OH is 1. The van der Waals surface area contributed by atoms with Crippen LogP contribution in [0, 0.1) is 17.3 Å². The van der Waals surface area contributed by atoms with E-state index in [1.165, 1.54) is 0 Å². The molecule has 0 aromatic heterocycles. The molecule has 2 rings (SSSR count). The molecule has 0 spiro atoms. The molecule has 2 nitrogen and oxygen atoms in total. The zero-order valence-electron chi connectivity index (χ0n) is 11.5. The van der Waals surface area contributed by atoms with Gasteiger partial charge in [0.05, 0.1) is 11.7 Å². The quantitative estimate of drug-likeness (QED) is 0.637. The number of rotatable bonds is 0. The van der Waals surface area contributed by atoms with Gasteiger partial charge in [0.2, 0.25) is 0 Å². The summed E-state index contributed by atoms with van der Waals surface area (Å²) in [5, 5.41) is 20.7. The van der Waals surface area contributed by atoms with Gasteiger partial charge < -0.3 is 10.2 Å². The molecule has 1 fully saturated rings. The summed E-state index contributed by atoms with van der Waals surface area (Å²) >= 11 is 0. The zero-order valence-corrected chi connectivity index (χ0v) is 11.5. The molecule has 1 saturated carbocycles. The molecule has 2 heteroatoms. The van der Waals surface area contributed by atoms with E-state index in [9.17, 15) is 10.2 Å². The van der Waals surface area contributed by atoms with Crippen LogP contribution in [0.15, 0.2) is 11.6 Å². The molecule has 0 aromatic carbocycles. The molecule has 1 unspecified atom stereocenters. The van der Waals surface area contributed by atoms with Gasteiger partial charge in [-0.15, -0.1) is 0 Å². The number of aliphatic hydroxyl groups is 2. The summed E-state index contributed by atoms with van der Waals surface area (Å²) < 4.78 is 0. The highest BCUT2D eigenvalue weighted by Gasteiger charge is 2.55. The van der Waals surface area contributed by atoms with Crippen molar-refractivity contribution in [3.63, 3.8) is 0 Å². The van der Waals surface area contributed by atoms with Crippen LogP contribution in [0.4, 0.5) is 0 Å². The fourth-order valence-corrected chi connectivity index (χ4v) is 3.47. The fraction of sp³-hybridized carbons (Fsp3) is 0.867. The highest BCUT2D eigenvalue weighted by Crippen LogP contribution is 2.58. The fourth-order valence-electron chi connectivity index (χ4n) is 3.47. The SMILES string of the molecule is C/C1=C/CC[C@](C)(O)[C@H]2C[C@@H]2C(C)(C)CC1O. The van der Waals surface area contributed by atoms with E-state index in [-0.39, 0.29) is 11.5 Å². The molecule has 2 N–H and O–H groups in total. The third kappa shape index (κ3) is 2.58. The normalized spacial score (nSPS) is 48.8. The van der Waals surface area contributed by atoms with E-state index in [2.05, 4.69) is 19.9 Å². The molecule has 0 heterocycles. The minimum Gasteiger partial charge on any atom is -0.390 e. The van der Waals surface area contributed by atoms with Gasteiger partial charge in [0.25, 0.3) is 0 Å². The second-order valence-corrected chi connectivity index (χ2v) is 7.00. The summed E-state index contributed by atoms with van der Waals surface area (Å²) in [6, 6.07) is 0. The Morgan fingerprint density at radius 1 is 1.24 bits per heavy atom. The maximum absolute atomic E-state index is 10.5. The molecule has 0 aliphatic heterocycles. The van der Waals surface area contributed by atoms with Crippen molar-refractivity contribution in [3.05, 3.63) is 11.6 Å². The summed E-state index contributed by atoms with van der Waals surface area (Å²) in [6.45, 7) is 8.44. The van der Waals surface area contributed by atoms with Crippen molar-refractivity contribution in [2.45, 2.75) is 65.1 Å². The minimum atomic E-state index is -0.527. The third-order valence-electron chi connectivity index (χ3n) is 4.95. The molecule has 0 amide bonds. The lowest BCUT2D eigenvalue weighted by atomic mass is 9.76. The Labute approximate surface area is 105 Å². The largest absolute Gasteiger partial charge is 0.390 e. The molecule has 4 atom stereocenters. The molecule has 2 aliphatic carbocycles. The van der Waals surface area contributed by atoms with Gasteiger partial charge in [0.1, 0.15) is 0 Å². The lowest BCUT2D eigenvalue weighted by Crippen LogP contribution is -2.32. The Morgan fingerprint density at radius 3 is 2.53 bits per heavy atom. The number of hydrogen-bond acceptors (Lipinski definition) is 2. The van der Waals surface area contributed by atoms with Crippen LogP contribution in [0.5, 0.6) is 0 Å². The van der Waals surface area contributed by atoms with Crippen molar-refractivity contribution >= 4 is 0 Å². The van der Waals surface area contributed by atoms with Gasteiger partial charge in [-0.05, 0) is 62.4 Å².